The normalized spacial score (nSPS) is 10.2. The van der Waals surface area contributed by atoms with Crippen LogP contribution in [-0.2, 0) is 11.3 Å². The largest absolute Gasteiger partial charge is 0.465 e. The second kappa shape index (κ2) is 6.29. The Bertz CT molecular complexity index is 542. The van der Waals surface area contributed by atoms with Crippen LogP contribution in [0.15, 0.2) is 30.6 Å². The number of esters is 1. The van der Waals surface area contributed by atoms with E-state index in [1.165, 1.54) is 18.4 Å². The van der Waals surface area contributed by atoms with Gasteiger partial charge in [0.2, 0.25) is 0 Å². The van der Waals surface area contributed by atoms with Crippen molar-refractivity contribution in [3.05, 3.63) is 41.2 Å². The van der Waals surface area contributed by atoms with E-state index in [0.29, 0.717) is 11.4 Å². The molecule has 0 radical (unpaired) electrons. The van der Waals surface area contributed by atoms with Gasteiger partial charge >= 0.3 is 5.97 Å². The SMILES string of the molecule is CCN(Cc1ccccn1)c1ncc(C(=O)OC)s1. The summed E-state index contributed by atoms with van der Waals surface area (Å²) in [4.78, 5) is 22.6. The average Bonchev–Trinajstić information content (AvgIpc) is 2.94. The van der Waals surface area contributed by atoms with Gasteiger partial charge in [-0.1, -0.05) is 17.4 Å². The lowest BCUT2D eigenvalue weighted by Crippen LogP contribution is -2.22. The summed E-state index contributed by atoms with van der Waals surface area (Å²) in [6.45, 7) is 3.51. The van der Waals surface area contributed by atoms with Crippen LogP contribution in [0.5, 0.6) is 0 Å². The molecule has 19 heavy (non-hydrogen) atoms. The van der Waals surface area contributed by atoms with Crippen LogP contribution < -0.4 is 4.90 Å². The van der Waals surface area contributed by atoms with E-state index in [1.807, 2.05) is 25.1 Å². The van der Waals surface area contributed by atoms with Crippen molar-refractivity contribution in [3.63, 3.8) is 0 Å². The number of ether oxygens (including phenoxy) is 1. The fourth-order valence-electron chi connectivity index (χ4n) is 1.61. The molecule has 6 heteroatoms. The van der Waals surface area contributed by atoms with Crippen molar-refractivity contribution in [1.82, 2.24) is 9.97 Å². The van der Waals surface area contributed by atoms with Crippen molar-refractivity contribution in [2.75, 3.05) is 18.6 Å². The molecule has 0 bridgehead atoms. The molecule has 0 spiro atoms. The van der Waals surface area contributed by atoms with Gasteiger partial charge in [-0.05, 0) is 19.1 Å². The summed E-state index contributed by atoms with van der Waals surface area (Å²) in [5.74, 6) is -0.349. The number of thiazole rings is 1. The van der Waals surface area contributed by atoms with Crippen LogP contribution in [0.3, 0.4) is 0 Å². The molecule has 0 N–H and O–H groups in total. The summed E-state index contributed by atoms with van der Waals surface area (Å²) < 4.78 is 4.68. The van der Waals surface area contributed by atoms with E-state index in [9.17, 15) is 4.79 Å². The van der Waals surface area contributed by atoms with Crippen molar-refractivity contribution in [1.29, 1.82) is 0 Å². The summed E-state index contributed by atoms with van der Waals surface area (Å²) >= 11 is 1.33. The Morgan fingerprint density at radius 2 is 2.26 bits per heavy atom. The van der Waals surface area contributed by atoms with Crippen LogP contribution in [0.25, 0.3) is 0 Å². The van der Waals surface area contributed by atoms with E-state index in [2.05, 4.69) is 19.6 Å². The third-order valence-electron chi connectivity index (χ3n) is 2.61. The number of hydrogen-bond donors (Lipinski definition) is 0. The Morgan fingerprint density at radius 1 is 1.42 bits per heavy atom. The zero-order valence-electron chi connectivity index (χ0n) is 10.9. The molecule has 100 valence electrons. The van der Waals surface area contributed by atoms with Crippen LogP contribution >= 0.6 is 11.3 Å². The Morgan fingerprint density at radius 3 is 2.89 bits per heavy atom. The third kappa shape index (κ3) is 3.29. The fraction of sp³-hybridized carbons (Fsp3) is 0.308. The molecule has 0 aliphatic rings. The van der Waals surface area contributed by atoms with E-state index in [0.717, 1.165) is 17.4 Å². The monoisotopic (exact) mass is 277 g/mol. The molecule has 2 heterocycles. The molecule has 0 aliphatic carbocycles. The van der Waals surface area contributed by atoms with E-state index in [4.69, 9.17) is 0 Å². The quantitative estimate of drug-likeness (QED) is 0.785. The zero-order valence-corrected chi connectivity index (χ0v) is 11.7. The minimum Gasteiger partial charge on any atom is -0.465 e. The Hall–Kier alpha value is -1.95. The smallest absolute Gasteiger partial charge is 0.349 e. The van der Waals surface area contributed by atoms with Gasteiger partial charge < -0.3 is 9.64 Å². The molecule has 0 fully saturated rings. The lowest BCUT2D eigenvalue weighted by molar-refractivity contribution is 0.0606. The van der Waals surface area contributed by atoms with Gasteiger partial charge in [-0.2, -0.15) is 0 Å². The van der Waals surface area contributed by atoms with Gasteiger partial charge in [0, 0.05) is 12.7 Å². The van der Waals surface area contributed by atoms with Crippen molar-refractivity contribution in [3.8, 4) is 0 Å². The Kier molecular flexibility index (Phi) is 4.46. The summed E-state index contributed by atoms with van der Waals surface area (Å²) in [5, 5.41) is 0.800. The average molecular weight is 277 g/mol. The molecular weight excluding hydrogens is 262 g/mol. The van der Waals surface area contributed by atoms with Crippen molar-refractivity contribution < 1.29 is 9.53 Å². The van der Waals surface area contributed by atoms with E-state index in [1.54, 1.807) is 12.4 Å². The van der Waals surface area contributed by atoms with Crippen LogP contribution in [0.4, 0.5) is 5.13 Å². The predicted molar refractivity (Wildman–Crippen MR) is 74.4 cm³/mol. The van der Waals surface area contributed by atoms with Crippen LogP contribution in [-0.4, -0.2) is 29.6 Å². The Labute approximate surface area is 115 Å². The predicted octanol–water partition coefficient (Wildman–Crippen LogP) is 2.35. The van der Waals surface area contributed by atoms with E-state index < -0.39 is 0 Å². The molecule has 0 aromatic carbocycles. The van der Waals surface area contributed by atoms with E-state index >= 15 is 0 Å². The minimum atomic E-state index is -0.349. The topological polar surface area (TPSA) is 55.3 Å². The highest BCUT2D eigenvalue weighted by Gasteiger charge is 2.15. The van der Waals surface area contributed by atoms with Crippen LogP contribution in [0, 0.1) is 0 Å². The van der Waals surface area contributed by atoms with Gasteiger partial charge in [0.05, 0.1) is 25.5 Å². The lowest BCUT2D eigenvalue weighted by atomic mass is 10.3. The fourth-order valence-corrected chi connectivity index (χ4v) is 2.50. The second-order valence-electron chi connectivity index (χ2n) is 3.83. The number of methoxy groups -OCH3 is 1. The molecular formula is C13H15N3O2S. The first-order valence-electron chi connectivity index (χ1n) is 5.93. The van der Waals surface area contributed by atoms with Gasteiger partial charge in [0.25, 0.3) is 0 Å². The lowest BCUT2D eigenvalue weighted by Gasteiger charge is -2.18. The highest BCUT2D eigenvalue weighted by molar-refractivity contribution is 7.17. The molecule has 0 saturated carbocycles. The molecule has 0 aliphatic heterocycles. The summed E-state index contributed by atoms with van der Waals surface area (Å²) in [6.07, 6.45) is 3.32. The number of aromatic nitrogens is 2. The number of pyridine rings is 1. The van der Waals surface area contributed by atoms with Crippen molar-refractivity contribution >= 4 is 22.4 Å². The van der Waals surface area contributed by atoms with Crippen molar-refractivity contribution in [2.45, 2.75) is 13.5 Å². The van der Waals surface area contributed by atoms with Crippen LogP contribution in [0.2, 0.25) is 0 Å². The number of carbonyl (C=O) groups is 1. The third-order valence-corrected chi connectivity index (χ3v) is 3.65. The summed E-state index contributed by atoms with van der Waals surface area (Å²) in [5.41, 5.74) is 0.971. The number of nitrogens with zero attached hydrogens (tertiary/aromatic N) is 3. The standard InChI is InChI=1S/C13H15N3O2S/c1-3-16(9-10-6-4-5-7-14-10)13-15-8-11(19-13)12(17)18-2/h4-8H,3,9H2,1-2H3. The molecule has 2 rings (SSSR count). The van der Waals surface area contributed by atoms with Crippen molar-refractivity contribution in [2.24, 2.45) is 0 Å². The first-order chi connectivity index (χ1) is 9.24. The maximum absolute atomic E-state index is 11.4. The molecule has 5 nitrogen and oxygen atoms in total. The van der Waals surface area contributed by atoms with Gasteiger partial charge in [-0.3, -0.25) is 4.98 Å². The number of anilines is 1. The molecule has 2 aromatic rings. The number of rotatable bonds is 5. The Balaban J connectivity index is 2.13. The molecule has 0 unspecified atom stereocenters. The first-order valence-corrected chi connectivity index (χ1v) is 6.75. The van der Waals surface area contributed by atoms with E-state index in [-0.39, 0.29) is 5.97 Å². The van der Waals surface area contributed by atoms with Gasteiger partial charge in [0.15, 0.2) is 5.13 Å². The molecule has 2 aromatic heterocycles. The number of hydrogen-bond acceptors (Lipinski definition) is 6. The molecule has 0 saturated heterocycles. The summed E-state index contributed by atoms with van der Waals surface area (Å²) in [7, 11) is 1.37. The first kappa shape index (κ1) is 13.5. The zero-order chi connectivity index (χ0) is 13.7. The summed E-state index contributed by atoms with van der Waals surface area (Å²) in [6, 6.07) is 5.81. The second-order valence-corrected chi connectivity index (χ2v) is 4.84. The maximum atomic E-state index is 11.4. The highest BCUT2D eigenvalue weighted by Crippen LogP contribution is 2.24. The minimum absolute atomic E-state index is 0.349. The molecule has 0 amide bonds. The number of carbonyl (C=O) groups excluding carboxylic acids is 1. The van der Waals surface area contributed by atoms with Gasteiger partial charge in [0.1, 0.15) is 4.88 Å². The highest BCUT2D eigenvalue weighted by atomic mass is 32.1. The van der Waals surface area contributed by atoms with Gasteiger partial charge in [-0.15, -0.1) is 0 Å². The van der Waals surface area contributed by atoms with Crippen LogP contribution in [0.1, 0.15) is 22.3 Å². The van der Waals surface area contributed by atoms with Gasteiger partial charge in [-0.25, -0.2) is 9.78 Å². The molecule has 0 atom stereocenters. The maximum Gasteiger partial charge on any atom is 0.349 e.